The molecule has 0 heterocycles. The third kappa shape index (κ3) is 4.25. The molecule has 6 heteroatoms. The lowest BCUT2D eigenvalue weighted by Crippen LogP contribution is -1.98. The second-order valence-corrected chi connectivity index (χ2v) is 6.68. The minimum absolute atomic E-state index is 0.0955. The molecular formula is C20H18F2O4. The van der Waals surface area contributed by atoms with Crippen molar-refractivity contribution in [3.05, 3.63) is 71.3 Å². The van der Waals surface area contributed by atoms with Crippen molar-refractivity contribution in [1.82, 2.24) is 0 Å². The summed E-state index contributed by atoms with van der Waals surface area (Å²) in [6.07, 6.45) is 1.36. The summed E-state index contributed by atoms with van der Waals surface area (Å²) < 4.78 is 25.0. The van der Waals surface area contributed by atoms with Gasteiger partial charge in [-0.25, -0.2) is 8.78 Å². The number of carboxylic acid groups (broad SMARTS) is 2. The van der Waals surface area contributed by atoms with Crippen LogP contribution in [-0.4, -0.2) is 22.2 Å². The standard InChI is InChI=1S/2C10H9FO2/c2*11-7-3-1-6(2-4-7)8-5-9(8)10(12)13/h2*1-4,8-9H,5H2,(H,12,13)/t2*8-,9-/m10/s1. The van der Waals surface area contributed by atoms with Gasteiger partial charge in [-0.3, -0.25) is 9.59 Å². The topological polar surface area (TPSA) is 74.6 Å². The summed E-state index contributed by atoms with van der Waals surface area (Å²) in [6, 6.07) is 12.1. The average molecular weight is 360 g/mol. The van der Waals surface area contributed by atoms with Crippen LogP contribution in [0.1, 0.15) is 35.8 Å². The highest BCUT2D eigenvalue weighted by Gasteiger charge is 2.44. The number of hydrogen-bond donors (Lipinski definition) is 2. The van der Waals surface area contributed by atoms with E-state index in [1.54, 1.807) is 24.3 Å². The largest absolute Gasteiger partial charge is 0.481 e. The molecule has 0 radical (unpaired) electrons. The van der Waals surface area contributed by atoms with Crippen LogP contribution in [0.3, 0.4) is 0 Å². The van der Waals surface area contributed by atoms with Crippen molar-refractivity contribution in [1.29, 1.82) is 0 Å². The van der Waals surface area contributed by atoms with E-state index in [9.17, 15) is 18.4 Å². The van der Waals surface area contributed by atoms with Crippen molar-refractivity contribution < 1.29 is 28.6 Å². The highest BCUT2D eigenvalue weighted by atomic mass is 19.1. The molecule has 0 amide bonds. The maximum Gasteiger partial charge on any atom is 0.307 e. The summed E-state index contributed by atoms with van der Waals surface area (Å²) in [7, 11) is 0. The maximum atomic E-state index is 12.5. The van der Waals surface area contributed by atoms with Crippen LogP contribution in [-0.2, 0) is 9.59 Å². The summed E-state index contributed by atoms with van der Waals surface area (Å²) in [5.41, 5.74) is 1.85. The number of aliphatic carboxylic acids is 2. The monoisotopic (exact) mass is 360 g/mol. The molecule has 2 aromatic carbocycles. The minimum Gasteiger partial charge on any atom is -0.481 e. The molecule has 4 rings (SSSR count). The molecule has 2 fully saturated rings. The Bertz CT molecular complexity index is 732. The van der Waals surface area contributed by atoms with E-state index in [1.807, 2.05) is 0 Å². The van der Waals surface area contributed by atoms with Gasteiger partial charge in [-0.15, -0.1) is 0 Å². The predicted molar refractivity (Wildman–Crippen MR) is 89.8 cm³/mol. The zero-order valence-electron chi connectivity index (χ0n) is 13.8. The van der Waals surface area contributed by atoms with Gasteiger partial charge in [-0.2, -0.15) is 0 Å². The Morgan fingerprint density at radius 2 is 1.00 bits per heavy atom. The maximum absolute atomic E-state index is 12.5. The Balaban J connectivity index is 0.000000151. The molecule has 26 heavy (non-hydrogen) atoms. The van der Waals surface area contributed by atoms with Crippen LogP contribution in [0.25, 0.3) is 0 Å². The van der Waals surface area contributed by atoms with Crippen molar-refractivity contribution in [3.8, 4) is 0 Å². The second-order valence-electron chi connectivity index (χ2n) is 6.68. The minimum atomic E-state index is -0.755. The van der Waals surface area contributed by atoms with Crippen LogP contribution in [0.2, 0.25) is 0 Å². The Morgan fingerprint density at radius 1 is 0.692 bits per heavy atom. The van der Waals surface area contributed by atoms with E-state index < -0.39 is 11.9 Å². The Hall–Kier alpha value is -2.76. The van der Waals surface area contributed by atoms with Crippen LogP contribution in [0, 0.1) is 23.5 Å². The molecule has 2 saturated carbocycles. The number of carbonyl (C=O) groups is 2. The Morgan fingerprint density at radius 3 is 1.23 bits per heavy atom. The molecule has 0 spiro atoms. The van der Waals surface area contributed by atoms with E-state index in [1.165, 1.54) is 24.3 Å². The van der Waals surface area contributed by atoms with E-state index >= 15 is 0 Å². The lowest BCUT2D eigenvalue weighted by Gasteiger charge is -1.96. The molecular weight excluding hydrogens is 342 g/mol. The summed E-state index contributed by atoms with van der Waals surface area (Å²) in [5, 5.41) is 17.3. The average Bonchev–Trinajstić information content (AvgIpc) is 3.49. The van der Waals surface area contributed by atoms with Gasteiger partial charge in [0.2, 0.25) is 0 Å². The van der Waals surface area contributed by atoms with Crippen molar-refractivity contribution in [2.45, 2.75) is 24.7 Å². The smallest absolute Gasteiger partial charge is 0.307 e. The lowest BCUT2D eigenvalue weighted by molar-refractivity contribution is -0.139. The summed E-state index contributed by atoms with van der Waals surface area (Å²) in [4.78, 5) is 21.1. The van der Waals surface area contributed by atoms with E-state index in [0.29, 0.717) is 12.8 Å². The first-order chi connectivity index (χ1) is 12.4. The highest BCUT2D eigenvalue weighted by Crippen LogP contribution is 2.48. The third-order valence-corrected chi connectivity index (χ3v) is 4.81. The molecule has 0 unspecified atom stereocenters. The zero-order valence-corrected chi connectivity index (χ0v) is 13.8. The first-order valence-electron chi connectivity index (χ1n) is 8.33. The molecule has 136 valence electrons. The van der Waals surface area contributed by atoms with Gasteiger partial charge in [0, 0.05) is 0 Å². The zero-order chi connectivity index (χ0) is 18.8. The molecule has 0 aromatic heterocycles. The molecule has 0 aliphatic heterocycles. The van der Waals surface area contributed by atoms with Gasteiger partial charge in [0.15, 0.2) is 0 Å². The van der Waals surface area contributed by atoms with E-state index in [4.69, 9.17) is 10.2 Å². The van der Waals surface area contributed by atoms with Crippen molar-refractivity contribution in [2.24, 2.45) is 11.8 Å². The number of rotatable bonds is 4. The van der Waals surface area contributed by atoms with Gasteiger partial charge in [0.25, 0.3) is 0 Å². The molecule has 2 aliphatic rings. The number of hydrogen-bond acceptors (Lipinski definition) is 2. The van der Waals surface area contributed by atoms with Crippen molar-refractivity contribution in [2.75, 3.05) is 0 Å². The van der Waals surface area contributed by atoms with Gasteiger partial charge in [0.05, 0.1) is 11.8 Å². The number of benzene rings is 2. The van der Waals surface area contributed by atoms with Gasteiger partial charge >= 0.3 is 11.9 Å². The SMILES string of the molecule is O=C(O)[C@@H]1C[C@@H]1c1ccc(F)cc1.O=C(O)[C@H]1C[C@H]1c1ccc(F)cc1. The predicted octanol–water partition coefficient (Wildman–Crippen LogP) is 4.03. The fraction of sp³-hybridized carbons (Fsp3) is 0.300. The van der Waals surface area contributed by atoms with Gasteiger partial charge in [-0.1, -0.05) is 24.3 Å². The highest BCUT2D eigenvalue weighted by molar-refractivity contribution is 5.75. The molecule has 2 N–H and O–H groups in total. The Kier molecular flexibility index (Phi) is 5.02. The summed E-state index contributed by atoms with van der Waals surface area (Å²) in [5.74, 6) is -2.40. The van der Waals surface area contributed by atoms with Crippen LogP contribution in [0.15, 0.2) is 48.5 Å². The van der Waals surface area contributed by atoms with Crippen LogP contribution < -0.4 is 0 Å². The van der Waals surface area contributed by atoms with Gasteiger partial charge in [0.1, 0.15) is 11.6 Å². The van der Waals surface area contributed by atoms with E-state index in [0.717, 1.165) is 11.1 Å². The van der Waals surface area contributed by atoms with Crippen LogP contribution >= 0.6 is 0 Å². The van der Waals surface area contributed by atoms with Gasteiger partial charge < -0.3 is 10.2 Å². The van der Waals surface area contributed by atoms with Crippen LogP contribution in [0.4, 0.5) is 8.78 Å². The molecule has 2 aliphatic carbocycles. The van der Waals surface area contributed by atoms with Gasteiger partial charge in [-0.05, 0) is 60.1 Å². The van der Waals surface area contributed by atoms with E-state index in [2.05, 4.69) is 0 Å². The van der Waals surface area contributed by atoms with Crippen LogP contribution in [0.5, 0.6) is 0 Å². The molecule has 0 bridgehead atoms. The molecule has 4 nitrogen and oxygen atoms in total. The molecule has 0 saturated heterocycles. The fourth-order valence-corrected chi connectivity index (χ4v) is 3.09. The third-order valence-electron chi connectivity index (χ3n) is 4.81. The number of carboxylic acids is 2. The first-order valence-corrected chi connectivity index (χ1v) is 8.33. The van der Waals surface area contributed by atoms with Crippen molar-refractivity contribution in [3.63, 3.8) is 0 Å². The summed E-state index contributed by atoms with van der Waals surface area (Å²) >= 11 is 0. The van der Waals surface area contributed by atoms with E-state index in [-0.39, 0.29) is 35.3 Å². The van der Waals surface area contributed by atoms with Crippen molar-refractivity contribution >= 4 is 11.9 Å². The number of halogens is 2. The first kappa shape index (κ1) is 18.0. The lowest BCUT2D eigenvalue weighted by atomic mass is 10.1. The molecule has 4 atom stereocenters. The summed E-state index contributed by atoms with van der Waals surface area (Å²) in [6.45, 7) is 0. The molecule has 2 aromatic rings. The normalized spacial score (nSPS) is 25.6. The Labute approximate surface area is 149 Å². The second kappa shape index (κ2) is 7.23. The fourth-order valence-electron chi connectivity index (χ4n) is 3.09. The quantitative estimate of drug-likeness (QED) is 0.863.